The van der Waals surface area contributed by atoms with Crippen LogP contribution in [0.4, 0.5) is 0 Å². The molecule has 0 radical (unpaired) electrons. The zero-order chi connectivity index (χ0) is 11.3. The second-order valence-corrected chi connectivity index (χ2v) is 4.46. The first-order chi connectivity index (χ1) is 7.19. The third-order valence-corrected chi connectivity index (χ3v) is 3.59. The van der Waals surface area contributed by atoms with Crippen molar-refractivity contribution in [2.45, 2.75) is 12.5 Å². The molecule has 0 spiro atoms. The summed E-state index contributed by atoms with van der Waals surface area (Å²) in [7, 11) is 1.33. The van der Waals surface area contributed by atoms with Gasteiger partial charge < -0.3 is 9.84 Å². The van der Waals surface area contributed by atoms with E-state index in [0.29, 0.717) is 5.57 Å². The number of halogens is 1. The molecular weight excluding hydrogens is 327 g/mol. The van der Waals surface area contributed by atoms with Crippen LogP contribution < -0.4 is 0 Å². The van der Waals surface area contributed by atoms with E-state index < -0.39 is 6.10 Å². The van der Waals surface area contributed by atoms with Gasteiger partial charge in [0.05, 0.1) is 13.2 Å². The van der Waals surface area contributed by atoms with Crippen LogP contribution >= 0.6 is 33.9 Å². The zero-order valence-electron chi connectivity index (χ0n) is 8.14. The minimum atomic E-state index is -0.634. The van der Waals surface area contributed by atoms with Crippen LogP contribution in [0.1, 0.15) is 17.4 Å². The molecule has 0 aliphatic heterocycles. The van der Waals surface area contributed by atoms with Crippen molar-refractivity contribution in [1.82, 2.24) is 0 Å². The van der Waals surface area contributed by atoms with E-state index in [1.54, 1.807) is 4.08 Å². The third-order valence-electron chi connectivity index (χ3n) is 1.86. The number of thiophene rings is 1. The summed E-state index contributed by atoms with van der Waals surface area (Å²) in [6.45, 7) is 0. The van der Waals surface area contributed by atoms with Crippen molar-refractivity contribution in [2.24, 2.45) is 0 Å². The zero-order valence-corrected chi connectivity index (χ0v) is 11.1. The van der Waals surface area contributed by atoms with E-state index in [1.807, 2.05) is 40.1 Å². The molecule has 82 valence electrons. The van der Waals surface area contributed by atoms with E-state index in [4.69, 9.17) is 0 Å². The highest BCUT2D eigenvalue weighted by Crippen LogP contribution is 2.25. The molecule has 0 fully saturated rings. The maximum atomic E-state index is 11.2. The predicted octanol–water partition coefficient (Wildman–Crippen LogP) is 2.66. The molecule has 0 aromatic carbocycles. The number of carbonyl (C=O) groups excluding carboxylic acids is 1. The highest BCUT2D eigenvalue weighted by Gasteiger charge is 2.16. The third kappa shape index (κ3) is 3.58. The lowest BCUT2D eigenvalue weighted by atomic mass is 10.1. The van der Waals surface area contributed by atoms with Crippen LogP contribution in [0.5, 0.6) is 0 Å². The average molecular weight is 338 g/mol. The van der Waals surface area contributed by atoms with Gasteiger partial charge in [0.1, 0.15) is 0 Å². The Balaban J connectivity index is 2.65. The van der Waals surface area contributed by atoms with Crippen LogP contribution in [0.25, 0.3) is 0 Å². The van der Waals surface area contributed by atoms with E-state index in [-0.39, 0.29) is 12.4 Å². The van der Waals surface area contributed by atoms with Gasteiger partial charge in [0.2, 0.25) is 0 Å². The molecule has 1 unspecified atom stereocenters. The Morgan fingerprint density at radius 1 is 1.80 bits per heavy atom. The Kier molecular flexibility index (Phi) is 5.27. The Morgan fingerprint density at radius 3 is 3.00 bits per heavy atom. The van der Waals surface area contributed by atoms with Crippen molar-refractivity contribution < 1.29 is 14.6 Å². The monoisotopic (exact) mass is 338 g/mol. The molecule has 3 nitrogen and oxygen atoms in total. The van der Waals surface area contributed by atoms with Gasteiger partial charge in [-0.15, -0.1) is 11.3 Å². The van der Waals surface area contributed by atoms with E-state index in [1.165, 1.54) is 18.4 Å². The first-order valence-corrected chi connectivity index (χ1v) is 6.40. The second-order valence-electron chi connectivity index (χ2n) is 2.86. The smallest absolute Gasteiger partial charge is 0.334 e. The van der Waals surface area contributed by atoms with Gasteiger partial charge in [-0.25, -0.2) is 4.79 Å². The molecule has 1 aromatic rings. The standard InChI is InChI=1S/C10H11IO3S/c1-14-10(13)7(6-11)5-8(12)9-3-2-4-15-9/h2-4,6,8,12H,5H2,1H3/b7-6-. The highest BCUT2D eigenvalue weighted by molar-refractivity contribution is 14.1. The molecular formula is C10H11IO3S. The van der Waals surface area contributed by atoms with Gasteiger partial charge in [0.15, 0.2) is 0 Å². The lowest BCUT2D eigenvalue weighted by Crippen LogP contribution is -2.08. The molecule has 1 rings (SSSR count). The van der Waals surface area contributed by atoms with Crippen LogP contribution in [-0.2, 0) is 9.53 Å². The van der Waals surface area contributed by atoms with Crippen LogP contribution in [0, 0.1) is 0 Å². The number of aliphatic hydroxyl groups is 1. The molecule has 0 aliphatic carbocycles. The Hall–Kier alpha value is -0.400. The van der Waals surface area contributed by atoms with Crippen molar-refractivity contribution in [2.75, 3.05) is 7.11 Å². The number of esters is 1. The van der Waals surface area contributed by atoms with Crippen LogP contribution in [0.15, 0.2) is 27.2 Å². The van der Waals surface area contributed by atoms with Gasteiger partial charge >= 0.3 is 5.97 Å². The second kappa shape index (κ2) is 6.24. The molecule has 0 amide bonds. The normalized spacial score (nSPS) is 13.7. The number of hydrogen-bond donors (Lipinski definition) is 1. The fourth-order valence-electron chi connectivity index (χ4n) is 1.09. The van der Waals surface area contributed by atoms with Gasteiger partial charge in [-0.3, -0.25) is 0 Å². The fourth-order valence-corrected chi connectivity index (χ4v) is 2.31. The van der Waals surface area contributed by atoms with Crippen molar-refractivity contribution in [1.29, 1.82) is 0 Å². The van der Waals surface area contributed by atoms with Crippen LogP contribution in [0.2, 0.25) is 0 Å². The first kappa shape index (κ1) is 12.7. The summed E-state index contributed by atoms with van der Waals surface area (Å²) >= 11 is 3.44. The SMILES string of the molecule is COC(=O)/C(=C\I)CC(O)c1cccs1. The Morgan fingerprint density at radius 2 is 2.53 bits per heavy atom. The molecule has 0 saturated carbocycles. The van der Waals surface area contributed by atoms with Crippen LogP contribution in [-0.4, -0.2) is 18.2 Å². The average Bonchev–Trinajstić information content (AvgIpc) is 2.77. The minimum absolute atomic E-state index is 0.288. The number of hydrogen-bond acceptors (Lipinski definition) is 4. The number of ether oxygens (including phenoxy) is 1. The largest absolute Gasteiger partial charge is 0.466 e. The number of aliphatic hydroxyl groups excluding tert-OH is 1. The van der Waals surface area contributed by atoms with Gasteiger partial charge in [-0.05, 0) is 15.5 Å². The summed E-state index contributed by atoms with van der Waals surface area (Å²) in [4.78, 5) is 12.1. The fraction of sp³-hybridized carbons (Fsp3) is 0.300. The van der Waals surface area contributed by atoms with E-state index in [2.05, 4.69) is 4.74 Å². The van der Waals surface area contributed by atoms with Crippen molar-refractivity contribution in [3.05, 3.63) is 32.0 Å². The lowest BCUT2D eigenvalue weighted by molar-refractivity contribution is -0.136. The topological polar surface area (TPSA) is 46.5 Å². The van der Waals surface area contributed by atoms with E-state index in [0.717, 1.165) is 4.88 Å². The lowest BCUT2D eigenvalue weighted by Gasteiger charge is -2.09. The minimum Gasteiger partial charge on any atom is -0.466 e. The molecule has 0 aliphatic rings. The summed E-state index contributed by atoms with van der Waals surface area (Å²) in [6, 6.07) is 3.71. The maximum Gasteiger partial charge on any atom is 0.334 e. The van der Waals surface area contributed by atoms with Crippen molar-refractivity contribution in [3.63, 3.8) is 0 Å². The van der Waals surface area contributed by atoms with E-state index >= 15 is 0 Å². The molecule has 1 aromatic heterocycles. The molecule has 1 atom stereocenters. The molecule has 15 heavy (non-hydrogen) atoms. The number of rotatable bonds is 4. The summed E-state index contributed by atoms with van der Waals surface area (Å²) in [6.07, 6.45) is -0.346. The molecule has 0 saturated heterocycles. The Labute approximate surface area is 106 Å². The summed E-state index contributed by atoms with van der Waals surface area (Å²) < 4.78 is 6.24. The van der Waals surface area contributed by atoms with Crippen molar-refractivity contribution >= 4 is 39.9 Å². The number of carbonyl (C=O) groups is 1. The van der Waals surface area contributed by atoms with E-state index in [9.17, 15) is 9.90 Å². The molecule has 0 bridgehead atoms. The predicted molar refractivity (Wildman–Crippen MR) is 68.0 cm³/mol. The quantitative estimate of drug-likeness (QED) is 0.522. The maximum absolute atomic E-state index is 11.2. The highest BCUT2D eigenvalue weighted by atomic mass is 127. The summed E-state index contributed by atoms with van der Waals surface area (Å²) in [5.74, 6) is -0.389. The van der Waals surface area contributed by atoms with Gasteiger partial charge in [0, 0.05) is 16.9 Å². The van der Waals surface area contributed by atoms with Crippen molar-refractivity contribution in [3.8, 4) is 0 Å². The van der Waals surface area contributed by atoms with Gasteiger partial charge in [0.25, 0.3) is 0 Å². The summed E-state index contributed by atoms with van der Waals surface area (Å²) in [5.41, 5.74) is 0.485. The van der Waals surface area contributed by atoms with Gasteiger partial charge in [-0.1, -0.05) is 28.7 Å². The Bertz CT molecular complexity index is 346. The number of methoxy groups -OCH3 is 1. The molecule has 5 heteroatoms. The molecule has 1 heterocycles. The van der Waals surface area contributed by atoms with Gasteiger partial charge in [-0.2, -0.15) is 0 Å². The molecule has 1 N–H and O–H groups in total. The summed E-state index contributed by atoms with van der Waals surface area (Å²) in [5, 5.41) is 11.7. The first-order valence-electron chi connectivity index (χ1n) is 4.28. The van der Waals surface area contributed by atoms with Crippen LogP contribution in [0.3, 0.4) is 0 Å².